The molecule has 1 aromatic carbocycles. The molecule has 4 amide bonds. The molecule has 5 N–H and O–H groups in total. The molecule has 2 aromatic rings. The summed E-state index contributed by atoms with van der Waals surface area (Å²) in [5.74, 6) is -2.69. The van der Waals surface area contributed by atoms with Gasteiger partial charge in [-0.25, -0.2) is 0 Å². The lowest BCUT2D eigenvalue weighted by atomic mass is 10.1. The molecule has 39 heavy (non-hydrogen) atoms. The lowest BCUT2D eigenvalue weighted by Gasteiger charge is -2.24. The lowest BCUT2D eigenvalue weighted by molar-refractivity contribution is -0.141. The molecule has 0 saturated heterocycles. The molecule has 0 radical (unpaired) electrons. The van der Waals surface area contributed by atoms with Crippen LogP contribution < -0.4 is 26.0 Å². The van der Waals surface area contributed by atoms with Gasteiger partial charge in [0.2, 0.25) is 17.7 Å². The molecule has 212 valence electrons. The molecular formula is C24H29F3N6O6. The number of aryl methyl sites for hydroxylation is 1. The van der Waals surface area contributed by atoms with Gasteiger partial charge >= 0.3 is 6.18 Å². The lowest BCUT2D eigenvalue weighted by Crippen LogP contribution is -2.55. The van der Waals surface area contributed by atoms with Crippen LogP contribution in [0.15, 0.2) is 36.5 Å². The van der Waals surface area contributed by atoms with Crippen molar-refractivity contribution in [3.63, 3.8) is 0 Å². The summed E-state index contributed by atoms with van der Waals surface area (Å²) >= 11 is 0. The van der Waals surface area contributed by atoms with Crippen LogP contribution in [0.3, 0.4) is 0 Å². The second-order valence-corrected chi connectivity index (χ2v) is 8.76. The number of hydrogen-bond acceptors (Lipinski definition) is 7. The molecule has 0 saturated carbocycles. The van der Waals surface area contributed by atoms with E-state index in [9.17, 15) is 37.5 Å². The van der Waals surface area contributed by atoms with Crippen molar-refractivity contribution in [3.8, 4) is 5.75 Å². The summed E-state index contributed by atoms with van der Waals surface area (Å²) in [5.41, 5.74) is -0.937. The minimum absolute atomic E-state index is 0.00639. The molecule has 1 aliphatic heterocycles. The number of rotatable bonds is 6. The van der Waals surface area contributed by atoms with Crippen LogP contribution in [0.1, 0.15) is 35.8 Å². The second-order valence-electron chi connectivity index (χ2n) is 8.76. The van der Waals surface area contributed by atoms with Crippen molar-refractivity contribution in [2.45, 2.75) is 50.7 Å². The highest BCUT2D eigenvalue weighted by Gasteiger charge is 2.33. The number of carbonyl (C=O) groups is 4. The van der Waals surface area contributed by atoms with Gasteiger partial charge in [-0.05, 0) is 31.5 Å². The first kappa shape index (κ1) is 29.4. The number of aliphatic hydroxyl groups excluding tert-OH is 1. The fraction of sp³-hybridized carbons (Fsp3) is 0.458. The minimum Gasteiger partial charge on any atom is -0.491 e. The molecule has 0 fully saturated rings. The summed E-state index contributed by atoms with van der Waals surface area (Å²) < 4.78 is 44.8. The van der Waals surface area contributed by atoms with Crippen molar-refractivity contribution in [2.24, 2.45) is 0 Å². The normalized spacial score (nSPS) is 19.9. The Hall–Kier alpha value is -4.14. The molecule has 0 spiro atoms. The number of fused-ring (bicyclic) bond motifs is 1. The van der Waals surface area contributed by atoms with E-state index in [0.717, 1.165) is 10.7 Å². The molecule has 1 aromatic heterocycles. The minimum atomic E-state index is -4.57. The van der Waals surface area contributed by atoms with Crippen molar-refractivity contribution in [3.05, 3.63) is 47.8 Å². The Balaban J connectivity index is 1.71. The zero-order chi connectivity index (χ0) is 28.6. The zero-order valence-electron chi connectivity index (χ0n) is 21.0. The number of amides is 4. The van der Waals surface area contributed by atoms with Crippen molar-refractivity contribution in [2.75, 3.05) is 19.7 Å². The highest BCUT2D eigenvalue weighted by molar-refractivity contribution is 6.01. The number of aliphatic hydroxyl groups is 1. The molecular weight excluding hydrogens is 525 g/mol. The Bertz CT molecular complexity index is 1190. The third-order valence-electron chi connectivity index (χ3n) is 5.68. The van der Waals surface area contributed by atoms with Crippen LogP contribution in [-0.4, -0.2) is 76.4 Å². The van der Waals surface area contributed by atoms with Gasteiger partial charge in [0.15, 0.2) is 5.69 Å². The second kappa shape index (κ2) is 13.1. The zero-order valence-corrected chi connectivity index (χ0v) is 21.0. The van der Waals surface area contributed by atoms with Gasteiger partial charge in [-0.3, -0.25) is 23.9 Å². The molecule has 3 atom stereocenters. The van der Waals surface area contributed by atoms with Crippen LogP contribution in [0.25, 0.3) is 0 Å². The first-order chi connectivity index (χ1) is 18.5. The van der Waals surface area contributed by atoms with Crippen LogP contribution in [0, 0.1) is 0 Å². The van der Waals surface area contributed by atoms with Crippen LogP contribution in [0.4, 0.5) is 13.2 Å². The maximum atomic E-state index is 13.0. The van der Waals surface area contributed by atoms with Gasteiger partial charge in [-0.1, -0.05) is 12.1 Å². The fourth-order valence-corrected chi connectivity index (χ4v) is 3.71. The van der Waals surface area contributed by atoms with E-state index in [-0.39, 0.29) is 44.0 Å². The molecule has 1 aliphatic rings. The largest absolute Gasteiger partial charge is 0.491 e. The monoisotopic (exact) mass is 554 g/mol. The smallest absolute Gasteiger partial charge is 0.435 e. The maximum absolute atomic E-state index is 13.0. The van der Waals surface area contributed by atoms with E-state index in [2.05, 4.69) is 26.4 Å². The first-order valence-electron chi connectivity index (χ1n) is 12.1. The summed E-state index contributed by atoms with van der Waals surface area (Å²) in [5, 5.41) is 23.3. The number of nitrogens with one attached hydrogen (secondary N) is 4. The number of ether oxygens (including phenoxy) is 1. The van der Waals surface area contributed by atoms with Gasteiger partial charge in [0.05, 0.1) is 24.6 Å². The number of nitrogens with zero attached hydrogens (tertiary/aromatic N) is 2. The van der Waals surface area contributed by atoms with E-state index in [0.29, 0.717) is 0 Å². The van der Waals surface area contributed by atoms with Crippen molar-refractivity contribution < 1.29 is 42.2 Å². The molecule has 3 rings (SSSR count). The predicted molar refractivity (Wildman–Crippen MR) is 129 cm³/mol. The van der Waals surface area contributed by atoms with E-state index in [4.69, 9.17) is 4.74 Å². The van der Waals surface area contributed by atoms with E-state index < -0.39 is 60.1 Å². The third kappa shape index (κ3) is 8.43. The van der Waals surface area contributed by atoms with Crippen LogP contribution in [0.5, 0.6) is 5.75 Å². The highest BCUT2D eigenvalue weighted by Crippen LogP contribution is 2.27. The fourth-order valence-electron chi connectivity index (χ4n) is 3.71. The Labute approximate surface area is 221 Å². The van der Waals surface area contributed by atoms with Gasteiger partial charge in [0.25, 0.3) is 5.91 Å². The first-order valence-corrected chi connectivity index (χ1v) is 12.1. The quantitative estimate of drug-likeness (QED) is 0.313. The van der Waals surface area contributed by atoms with Crippen LogP contribution in [-0.2, 0) is 27.1 Å². The number of halogens is 3. The van der Waals surface area contributed by atoms with Gasteiger partial charge < -0.3 is 31.1 Å². The number of benzene rings is 1. The summed E-state index contributed by atoms with van der Waals surface area (Å²) in [6.07, 6.45) is -5.02. The summed E-state index contributed by atoms with van der Waals surface area (Å²) in [7, 11) is 0. The standard InChI is InChI=1S/C24H29F3N6O6/c1-14(34)20-23(38)29-9-12-39-17-6-3-2-5-15(17)21(36)30-16(13-19(35)31-20)22(37)28-8-4-10-33-11-7-18(32-33)24(25,26)27/h2-3,5-7,11,14,16,20,34H,4,8-10,12-13H2,1H3,(H,28,37)(H,29,38)(H,30,36)(H,31,35)/t14-,16+,20+/m1/s1. The number of alkyl halides is 3. The van der Waals surface area contributed by atoms with Crippen LogP contribution >= 0.6 is 0 Å². The topological polar surface area (TPSA) is 164 Å². The molecule has 12 nitrogen and oxygen atoms in total. The van der Waals surface area contributed by atoms with E-state index >= 15 is 0 Å². The van der Waals surface area contributed by atoms with E-state index in [1.54, 1.807) is 12.1 Å². The Morgan fingerprint density at radius 1 is 1.23 bits per heavy atom. The van der Waals surface area contributed by atoms with E-state index in [1.807, 2.05) is 0 Å². The van der Waals surface area contributed by atoms with Crippen molar-refractivity contribution in [1.29, 1.82) is 0 Å². The molecule has 0 bridgehead atoms. The summed E-state index contributed by atoms with van der Waals surface area (Å²) in [6, 6.07) is 4.35. The van der Waals surface area contributed by atoms with Gasteiger partial charge in [0.1, 0.15) is 24.4 Å². The number of aromatic nitrogens is 2. The number of carbonyl (C=O) groups excluding carboxylic acids is 4. The summed E-state index contributed by atoms with van der Waals surface area (Å²) in [4.78, 5) is 51.1. The van der Waals surface area contributed by atoms with Gasteiger partial charge in [-0.15, -0.1) is 0 Å². The Morgan fingerprint density at radius 3 is 2.67 bits per heavy atom. The Kier molecular flexibility index (Phi) is 9.87. The van der Waals surface area contributed by atoms with Gasteiger partial charge in [-0.2, -0.15) is 18.3 Å². The molecule has 0 aliphatic carbocycles. The van der Waals surface area contributed by atoms with Crippen molar-refractivity contribution >= 4 is 23.6 Å². The van der Waals surface area contributed by atoms with E-state index in [1.165, 1.54) is 25.3 Å². The summed E-state index contributed by atoms with van der Waals surface area (Å²) in [6.45, 7) is 1.41. The Morgan fingerprint density at radius 2 is 1.97 bits per heavy atom. The molecule has 15 heteroatoms. The van der Waals surface area contributed by atoms with Crippen LogP contribution in [0.2, 0.25) is 0 Å². The highest BCUT2D eigenvalue weighted by atomic mass is 19.4. The predicted octanol–water partition coefficient (Wildman–Crippen LogP) is -0.0289. The SMILES string of the molecule is C[C@@H](O)[C@@H]1NC(=O)C[C@@H](C(=O)NCCCn2ccc(C(F)(F)F)n2)NC(=O)c2ccccc2OCCNC1=O. The average Bonchev–Trinajstić information content (AvgIpc) is 3.36. The number of hydrogen-bond donors (Lipinski definition) is 5. The maximum Gasteiger partial charge on any atom is 0.435 e. The third-order valence-corrected chi connectivity index (χ3v) is 5.68. The molecule has 2 heterocycles. The van der Waals surface area contributed by atoms with Crippen molar-refractivity contribution in [1.82, 2.24) is 31.0 Å². The molecule has 0 unspecified atom stereocenters. The number of para-hydroxylation sites is 1. The average molecular weight is 555 g/mol. The van der Waals surface area contributed by atoms with Gasteiger partial charge in [0, 0.05) is 19.3 Å².